The lowest BCUT2D eigenvalue weighted by molar-refractivity contribution is 0.417. The molecule has 0 spiro atoms. The van der Waals surface area contributed by atoms with Crippen molar-refractivity contribution in [1.29, 1.82) is 0 Å². The standard InChI is InChI=1S/C14H14N4O/c1-9-5-6-18-13(7-9)16-14(17-18)10-3-4-12(19-2)11(15)8-10/h3-8H,15H2,1-2H3. The Morgan fingerprint density at radius 1 is 1.21 bits per heavy atom. The van der Waals surface area contributed by atoms with E-state index in [1.165, 1.54) is 0 Å². The van der Waals surface area contributed by atoms with Gasteiger partial charge in [-0.3, -0.25) is 0 Å². The first-order valence-electron chi connectivity index (χ1n) is 5.94. The molecule has 0 aliphatic carbocycles. The van der Waals surface area contributed by atoms with Crippen LogP contribution in [-0.4, -0.2) is 21.7 Å². The van der Waals surface area contributed by atoms with Crippen molar-refractivity contribution in [3.8, 4) is 17.1 Å². The molecule has 0 atom stereocenters. The summed E-state index contributed by atoms with van der Waals surface area (Å²) < 4.78 is 6.89. The van der Waals surface area contributed by atoms with Crippen LogP contribution in [0.25, 0.3) is 17.0 Å². The average Bonchev–Trinajstić information content (AvgIpc) is 2.81. The van der Waals surface area contributed by atoms with Crippen molar-refractivity contribution in [1.82, 2.24) is 14.6 Å². The number of hydrogen-bond acceptors (Lipinski definition) is 4. The van der Waals surface area contributed by atoms with E-state index < -0.39 is 0 Å². The Balaban J connectivity index is 2.11. The van der Waals surface area contributed by atoms with Crippen LogP contribution in [0.4, 0.5) is 5.69 Å². The van der Waals surface area contributed by atoms with Crippen LogP contribution >= 0.6 is 0 Å². The molecule has 3 aromatic rings. The Labute approximate surface area is 110 Å². The number of nitrogens with two attached hydrogens (primary N) is 1. The van der Waals surface area contributed by atoms with Gasteiger partial charge in [0.25, 0.3) is 0 Å². The van der Waals surface area contributed by atoms with Crippen molar-refractivity contribution >= 4 is 11.3 Å². The largest absolute Gasteiger partial charge is 0.495 e. The number of benzene rings is 1. The summed E-state index contributed by atoms with van der Waals surface area (Å²) in [5, 5.41) is 4.43. The number of hydrogen-bond donors (Lipinski definition) is 1. The molecule has 0 saturated heterocycles. The third-order valence-electron chi connectivity index (χ3n) is 2.98. The molecule has 0 bridgehead atoms. The first-order chi connectivity index (χ1) is 9.17. The number of nitrogen functional groups attached to an aromatic ring is 1. The van der Waals surface area contributed by atoms with Gasteiger partial charge in [-0.15, -0.1) is 5.10 Å². The van der Waals surface area contributed by atoms with Gasteiger partial charge in [0.2, 0.25) is 0 Å². The molecule has 1 aromatic carbocycles. The molecule has 3 rings (SSSR count). The highest BCUT2D eigenvalue weighted by molar-refractivity contribution is 5.67. The summed E-state index contributed by atoms with van der Waals surface area (Å²) in [6.45, 7) is 2.03. The van der Waals surface area contributed by atoms with Crippen LogP contribution in [0.3, 0.4) is 0 Å². The topological polar surface area (TPSA) is 65.4 Å². The maximum absolute atomic E-state index is 5.90. The van der Waals surface area contributed by atoms with Gasteiger partial charge in [0.05, 0.1) is 12.8 Å². The third kappa shape index (κ3) is 1.99. The van der Waals surface area contributed by atoms with Crippen LogP contribution in [0.1, 0.15) is 5.56 Å². The number of aryl methyl sites for hydroxylation is 1. The Morgan fingerprint density at radius 3 is 2.79 bits per heavy atom. The van der Waals surface area contributed by atoms with E-state index >= 15 is 0 Å². The summed E-state index contributed by atoms with van der Waals surface area (Å²) in [5.41, 5.74) is 9.33. The molecule has 0 amide bonds. The van der Waals surface area contributed by atoms with Crippen LogP contribution in [0.5, 0.6) is 5.75 Å². The second-order valence-corrected chi connectivity index (χ2v) is 4.40. The second kappa shape index (κ2) is 4.28. The van der Waals surface area contributed by atoms with E-state index in [4.69, 9.17) is 10.5 Å². The van der Waals surface area contributed by atoms with Crippen molar-refractivity contribution in [3.05, 3.63) is 42.1 Å². The van der Waals surface area contributed by atoms with Crippen molar-refractivity contribution in [2.75, 3.05) is 12.8 Å². The number of nitrogens with zero attached hydrogens (tertiary/aromatic N) is 3. The van der Waals surface area contributed by atoms with E-state index in [0.29, 0.717) is 17.3 Å². The van der Waals surface area contributed by atoms with E-state index in [2.05, 4.69) is 10.1 Å². The summed E-state index contributed by atoms with van der Waals surface area (Å²) in [5.74, 6) is 1.31. The molecule has 19 heavy (non-hydrogen) atoms. The minimum Gasteiger partial charge on any atom is -0.495 e. The maximum atomic E-state index is 5.90. The zero-order valence-corrected chi connectivity index (χ0v) is 10.8. The minimum absolute atomic E-state index is 0.579. The number of aromatic nitrogens is 3. The van der Waals surface area contributed by atoms with Gasteiger partial charge in [-0.25, -0.2) is 9.50 Å². The summed E-state index contributed by atoms with van der Waals surface area (Å²) in [4.78, 5) is 4.50. The minimum atomic E-state index is 0.579. The number of fused-ring (bicyclic) bond motifs is 1. The van der Waals surface area contributed by atoms with E-state index in [-0.39, 0.29) is 0 Å². The highest BCUT2D eigenvalue weighted by Gasteiger charge is 2.08. The fourth-order valence-electron chi connectivity index (χ4n) is 1.98. The SMILES string of the molecule is COc1ccc(-c2nc3cc(C)ccn3n2)cc1N. The molecule has 5 nitrogen and oxygen atoms in total. The van der Waals surface area contributed by atoms with E-state index in [0.717, 1.165) is 16.8 Å². The number of rotatable bonds is 2. The summed E-state index contributed by atoms with van der Waals surface area (Å²) in [7, 11) is 1.59. The van der Waals surface area contributed by atoms with Gasteiger partial charge in [0.15, 0.2) is 11.5 Å². The summed E-state index contributed by atoms with van der Waals surface area (Å²) in [6.07, 6.45) is 1.90. The zero-order chi connectivity index (χ0) is 13.4. The zero-order valence-electron chi connectivity index (χ0n) is 10.8. The lowest BCUT2D eigenvalue weighted by atomic mass is 10.2. The van der Waals surface area contributed by atoms with Crippen LogP contribution < -0.4 is 10.5 Å². The second-order valence-electron chi connectivity index (χ2n) is 4.40. The number of methoxy groups -OCH3 is 1. The van der Waals surface area contributed by atoms with Gasteiger partial charge in [-0.1, -0.05) is 0 Å². The van der Waals surface area contributed by atoms with Crippen LogP contribution in [0.2, 0.25) is 0 Å². The number of ether oxygens (including phenoxy) is 1. The lowest BCUT2D eigenvalue weighted by Crippen LogP contribution is -1.93. The highest BCUT2D eigenvalue weighted by atomic mass is 16.5. The van der Waals surface area contributed by atoms with Crippen molar-refractivity contribution in [2.24, 2.45) is 0 Å². The Morgan fingerprint density at radius 2 is 2.05 bits per heavy atom. The average molecular weight is 254 g/mol. The van der Waals surface area contributed by atoms with Crippen molar-refractivity contribution < 1.29 is 4.74 Å². The van der Waals surface area contributed by atoms with Gasteiger partial charge in [-0.05, 0) is 42.8 Å². The molecule has 2 aromatic heterocycles. The van der Waals surface area contributed by atoms with Crippen LogP contribution in [0, 0.1) is 6.92 Å². The summed E-state index contributed by atoms with van der Waals surface area (Å²) >= 11 is 0. The molecule has 0 fully saturated rings. The van der Waals surface area contributed by atoms with Crippen molar-refractivity contribution in [3.63, 3.8) is 0 Å². The lowest BCUT2D eigenvalue weighted by Gasteiger charge is -2.04. The first kappa shape index (κ1) is 11.5. The molecular weight excluding hydrogens is 240 g/mol. The predicted octanol–water partition coefficient (Wildman–Crippen LogP) is 2.30. The van der Waals surface area contributed by atoms with Crippen LogP contribution in [-0.2, 0) is 0 Å². The normalized spacial score (nSPS) is 10.8. The maximum Gasteiger partial charge on any atom is 0.182 e. The molecule has 0 radical (unpaired) electrons. The molecule has 0 saturated carbocycles. The molecule has 0 aliphatic rings. The molecule has 0 unspecified atom stereocenters. The molecule has 2 N–H and O–H groups in total. The van der Waals surface area contributed by atoms with Gasteiger partial charge in [0, 0.05) is 11.8 Å². The van der Waals surface area contributed by atoms with E-state index in [9.17, 15) is 0 Å². The van der Waals surface area contributed by atoms with Gasteiger partial charge in [0.1, 0.15) is 5.75 Å². The fraction of sp³-hybridized carbons (Fsp3) is 0.143. The van der Waals surface area contributed by atoms with Gasteiger partial charge in [-0.2, -0.15) is 0 Å². The molecule has 96 valence electrons. The Bertz CT molecular complexity index is 748. The van der Waals surface area contributed by atoms with Gasteiger partial charge >= 0.3 is 0 Å². The molecule has 0 aliphatic heterocycles. The monoisotopic (exact) mass is 254 g/mol. The smallest absolute Gasteiger partial charge is 0.182 e. The van der Waals surface area contributed by atoms with Gasteiger partial charge < -0.3 is 10.5 Å². The molecular formula is C14H14N4O. The third-order valence-corrected chi connectivity index (χ3v) is 2.98. The van der Waals surface area contributed by atoms with Crippen LogP contribution in [0.15, 0.2) is 36.5 Å². The Hall–Kier alpha value is -2.56. The fourth-order valence-corrected chi connectivity index (χ4v) is 1.98. The predicted molar refractivity (Wildman–Crippen MR) is 74.1 cm³/mol. The molecule has 5 heteroatoms. The highest BCUT2D eigenvalue weighted by Crippen LogP contribution is 2.26. The van der Waals surface area contributed by atoms with Crippen molar-refractivity contribution in [2.45, 2.75) is 6.92 Å². The summed E-state index contributed by atoms with van der Waals surface area (Å²) in [6, 6.07) is 9.52. The quantitative estimate of drug-likeness (QED) is 0.713. The number of pyridine rings is 1. The number of anilines is 1. The van der Waals surface area contributed by atoms with E-state index in [1.807, 2.05) is 43.5 Å². The first-order valence-corrected chi connectivity index (χ1v) is 5.94. The van der Waals surface area contributed by atoms with E-state index in [1.54, 1.807) is 11.6 Å². The Kier molecular flexibility index (Phi) is 2.59. The molecule has 2 heterocycles.